The molecule has 54 heavy (non-hydrogen) atoms. The second-order valence-electron chi connectivity index (χ2n) is 16.2. The zero-order chi connectivity index (χ0) is 37.9. The van der Waals surface area contributed by atoms with Gasteiger partial charge in [-0.25, -0.2) is 0 Å². The summed E-state index contributed by atoms with van der Waals surface area (Å²) in [5.41, 5.74) is 18.5. The van der Waals surface area contributed by atoms with Gasteiger partial charge in [0, 0.05) is 34.1 Å². The van der Waals surface area contributed by atoms with Crippen LogP contribution >= 0.6 is 0 Å². The Hall–Kier alpha value is -6.08. The minimum atomic E-state index is 0.0594. The monoisotopic (exact) mass is 702 g/mol. The molecule has 7 rings (SSSR count). The Balaban J connectivity index is 1.36. The van der Waals surface area contributed by atoms with Crippen LogP contribution < -0.4 is 9.80 Å². The molecule has 0 bridgehead atoms. The van der Waals surface area contributed by atoms with Gasteiger partial charge in [-0.15, -0.1) is 5.73 Å². The third-order valence-corrected chi connectivity index (χ3v) is 10.1. The van der Waals surface area contributed by atoms with Crippen LogP contribution in [0.2, 0.25) is 0 Å². The molecule has 0 atom stereocenters. The van der Waals surface area contributed by atoms with E-state index in [1.165, 1.54) is 33.4 Å². The second-order valence-corrected chi connectivity index (χ2v) is 16.2. The molecule has 268 valence electrons. The number of aryl methyl sites for hydroxylation is 1. The Labute approximate surface area is 322 Å². The zero-order valence-corrected chi connectivity index (χ0v) is 32.6. The van der Waals surface area contributed by atoms with Crippen LogP contribution in [0, 0.1) is 6.92 Å². The molecule has 0 aromatic heterocycles. The molecule has 1 aliphatic rings. The molecule has 0 amide bonds. The fraction of sp³-hybridized carbons (Fsp3) is 0.173. The molecule has 0 aliphatic heterocycles. The van der Waals surface area contributed by atoms with Crippen LogP contribution in [0.3, 0.4) is 0 Å². The predicted octanol–water partition coefficient (Wildman–Crippen LogP) is 14.9. The summed E-state index contributed by atoms with van der Waals surface area (Å²) >= 11 is 0. The summed E-state index contributed by atoms with van der Waals surface area (Å²) < 4.78 is 0. The van der Waals surface area contributed by atoms with Gasteiger partial charge < -0.3 is 9.80 Å². The topological polar surface area (TPSA) is 6.48 Å². The van der Waals surface area contributed by atoms with Crippen molar-refractivity contribution in [3.8, 4) is 11.1 Å². The third kappa shape index (κ3) is 8.11. The first-order valence-electron chi connectivity index (χ1n) is 18.9. The van der Waals surface area contributed by atoms with E-state index in [1.807, 2.05) is 18.2 Å². The van der Waals surface area contributed by atoms with Crippen molar-refractivity contribution < 1.29 is 0 Å². The molecule has 2 nitrogen and oxygen atoms in total. The van der Waals surface area contributed by atoms with Crippen molar-refractivity contribution in [2.75, 3.05) is 9.80 Å². The van der Waals surface area contributed by atoms with Gasteiger partial charge in [0.2, 0.25) is 0 Å². The highest BCUT2D eigenvalue weighted by atomic mass is 15.2. The summed E-state index contributed by atoms with van der Waals surface area (Å²) in [6, 6.07) is 53.5. The lowest BCUT2D eigenvalue weighted by Crippen LogP contribution is -2.15. The van der Waals surface area contributed by atoms with Gasteiger partial charge in [-0.1, -0.05) is 133 Å². The van der Waals surface area contributed by atoms with Gasteiger partial charge in [0.15, 0.2) is 0 Å². The first kappa shape index (κ1) is 36.3. The maximum atomic E-state index is 3.17. The molecule has 2 heteroatoms. The van der Waals surface area contributed by atoms with Crippen molar-refractivity contribution in [1.82, 2.24) is 0 Å². The quantitative estimate of drug-likeness (QED) is 0.146. The van der Waals surface area contributed by atoms with Crippen LogP contribution in [-0.2, 0) is 10.8 Å². The average Bonchev–Trinajstić information content (AvgIpc) is 3.46. The average molecular weight is 703 g/mol. The van der Waals surface area contributed by atoms with Crippen molar-refractivity contribution in [1.29, 1.82) is 0 Å². The molecule has 0 heterocycles. The lowest BCUT2D eigenvalue weighted by atomic mass is 9.87. The normalized spacial score (nSPS) is 12.7. The third-order valence-electron chi connectivity index (χ3n) is 10.1. The summed E-state index contributed by atoms with van der Waals surface area (Å²) in [7, 11) is 0. The Bertz CT molecular complexity index is 2340. The van der Waals surface area contributed by atoms with Crippen LogP contribution in [0.1, 0.15) is 63.8 Å². The van der Waals surface area contributed by atoms with Gasteiger partial charge in [-0.2, -0.15) is 0 Å². The maximum Gasteiger partial charge on any atom is 0.0485 e. The van der Waals surface area contributed by atoms with Gasteiger partial charge in [0.05, 0.1) is 0 Å². The largest absolute Gasteiger partial charge is 0.310 e. The van der Waals surface area contributed by atoms with E-state index in [1.54, 1.807) is 0 Å². The number of rotatable bonds is 8. The van der Waals surface area contributed by atoms with Crippen LogP contribution in [0.25, 0.3) is 16.7 Å². The molecule has 1 aliphatic carbocycles. The summed E-state index contributed by atoms with van der Waals surface area (Å²) in [4.78, 5) is 4.76. The van der Waals surface area contributed by atoms with E-state index in [0.29, 0.717) is 0 Å². The number of benzene rings is 6. The Morgan fingerprint density at radius 3 is 1.31 bits per heavy atom. The van der Waals surface area contributed by atoms with E-state index in [9.17, 15) is 0 Å². The molecule has 0 radical (unpaired) electrons. The highest BCUT2D eigenvalue weighted by Crippen LogP contribution is 2.43. The zero-order valence-electron chi connectivity index (χ0n) is 32.6. The van der Waals surface area contributed by atoms with Crippen LogP contribution in [0.5, 0.6) is 0 Å². The first-order chi connectivity index (χ1) is 25.9. The molecule has 0 saturated carbocycles. The fourth-order valence-electron chi connectivity index (χ4n) is 7.00. The molecular formula is C52H50N2. The van der Waals surface area contributed by atoms with Gasteiger partial charge in [0.1, 0.15) is 0 Å². The molecular weight excluding hydrogens is 653 g/mol. The summed E-state index contributed by atoms with van der Waals surface area (Å²) in [6.07, 6.45) is 10.2. The molecule has 0 unspecified atom stereocenters. The number of hydrogen-bond acceptors (Lipinski definition) is 2. The van der Waals surface area contributed by atoms with Crippen molar-refractivity contribution in [2.45, 2.75) is 59.3 Å². The molecule has 6 aromatic carbocycles. The molecule has 6 aromatic rings. The van der Waals surface area contributed by atoms with Crippen molar-refractivity contribution in [3.63, 3.8) is 0 Å². The van der Waals surface area contributed by atoms with E-state index in [4.69, 9.17) is 0 Å². The standard InChI is InChI=1S/C52H50N2/c1-38-35-49(53(47-31-23-43(24-32-47)51(2,3)4)45-27-19-41(20-28-45)39-15-11-8-9-12-16-39)37-50(36-38)54(48-33-25-44(26-34-48)52(5,6)7)46-29-21-42(22-30-46)40-17-13-10-14-18-40/h8,10-37H,1-7H3. The molecule has 0 saturated heterocycles. The van der Waals surface area contributed by atoms with Gasteiger partial charge in [0.25, 0.3) is 0 Å². The second kappa shape index (κ2) is 15.1. The minimum Gasteiger partial charge on any atom is -0.310 e. The Morgan fingerprint density at radius 1 is 0.426 bits per heavy atom. The molecule has 0 N–H and O–H groups in total. The van der Waals surface area contributed by atoms with E-state index < -0.39 is 0 Å². The van der Waals surface area contributed by atoms with E-state index in [0.717, 1.165) is 39.7 Å². The highest BCUT2D eigenvalue weighted by molar-refractivity contribution is 5.85. The first-order valence-corrected chi connectivity index (χ1v) is 18.9. The van der Waals surface area contributed by atoms with Crippen LogP contribution in [-0.4, -0.2) is 0 Å². The highest BCUT2D eigenvalue weighted by Gasteiger charge is 2.21. The van der Waals surface area contributed by atoms with Crippen molar-refractivity contribution in [2.24, 2.45) is 0 Å². The van der Waals surface area contributed by atoms with Crippen LogP contribution in [0.4, 0.5) is 34.1 Å². The van der Waals surface area contributed by atoms with Gasteiger partial charge in [-0.3, -0.25) is 0 Å². The number of hydrogen-bond donors (Lipinski definition) is 0. The van der Waals surface area contributed by atoms with Gasteiger partial charge in [-0.05, 0) is 142 Å². The summed E-state index contributed by atoms with van der Waals surface area (Å²) in [5, 5.41) is 0. The smallest absolute Gasteiger partial charge is 0.0485 e. The fourth-order valence-corrected chi connectivity index (χ4v) is 7.00. The summed E-state index contributed by atoms with van der Waals surface area (Å²) in [6.45, 7) is 15.8. The lowest BCUT2D eigenvalue weighted by molar-refractivity contribution is 0.590. The number of anilines is 6. The minimum absolute atomic E-state index is 0.0594. The van der Waals surface area contributed by atoms with E-state index >= 15 is 0 Å². The van der Waals surface area contributed by atoms with Gasteiger partial charge >= 0.3 is 0 Å². The SMILES string of the molecule is Cc1cc(N(c2ccc(C3=CC=C=CC=C3)cc2)c2ccc(C(C)(C)C)cc2)cc(N(c2ccc(-c3ccccc3)cc2)c2ccc(C(C)(C)C)cc2)c1. The number of allylic oxidation sites excluding steroid dienone is 5. The number of nitrogens with zero attached hydrogens (tertiary/aromatic N) is 2. The summed E-state index contributed by atoms with van der Waals surface area (Å²) in [5.74, 6) is 0. The van der Waals surface area contributed by atoms with E-state index in [2.05, 4.69) is 222 Å². The van der Waals surface area contributed by atoms with E-state index in [-0.39, 0.29) is 10.8 Å². The van der Waals surface area contributed by atoms with Crippen LogP contribution in [0.15, 0.2) is 182 Å². The Kier molecular flexibility index (Phi) is 10.2. The maximum absolute atomic E-state index is 3.17. The Morgan fingerprint density at radius 2 is 0.852 bits per heavy atom. The van der Waals surface area contributed by atoms with Crippen molar-refractivity contribution >= 4 is 39.7 Å². The predicted molar refractivity (Wildman–Crippen MR) is 233 cm³/mol. The molecule has 0 fully saturated rings. The van der Waals surface area contributed by atoms with Crippen molar-refractivity contribution in [3.05, 3.63) is 204 Å². The molecule has 0 spiro atoms. The lowest BCUT2D eigenvalue weighted by Gasteiger charge is -2.31.